The van der Waals surface area contributed by atoms with Crippen molar-refractivity contribution in [3.8, 4) is 23.2 Å². The molecular formula is C23H21BFN3O5S. The van der Waals surface area contributed by atoms with E-state index in [1.807, 2.05) is 12.4 Å². The standard InChI is InChI=1S/C19H15BFNO5.C4H6N2S/c21-16-8-12(1-2-13(16)19(25)26)27-18-9-14-11(7-17(18)24)3-5-20(10-22)15(14)4-6-23;1-5-4-6-2-3-7-4/h1-2,6-9,15,24H,3-5H2,(H,25,26);2-3H,1H3,(H,5,6). The molecule has 11 heteroatoms. The van der Waals surface area contributed by atoms with Gasteiger partial charge in [0.2, 0.25) is 0 Å². The van der Waals surface area contributed by atoms with Crippen LogP contribution in [0.5, 0.6) is 17.2 Å². The number of rotatable bonds is 6. The largest absolute Gasteiger partial charge is 0.504 e. The molecule has 0 bridgehead atoms. The molecule has 1 aliphatic heterocycles. The molecule has 0 amide bonds. The van der Waals surface area contributed by atoms with Crippen molar-refractivity contribution in [1.29, 1.82) is 5.26 Å². The van der Waals surface area contributed by atoms with Gasteiger partial charge >= 0.3 is 5.97 Å². The lowest BCUT2D eigenvalue weighted by molar-refractivity contribution is -0.107. The number of ether oxygens (including phenoxy) is 1. The Morgan fingerprint density at radius 3 is 2.79 bits per heavy atom. The number of carboxylic acids is 1. The van der Waals surface area contributed by atoms with E-state index in [0.29, 0.717) is 12.7 Å². The van der Waals surface area contributed by atoms with Crippen LogP contribution in [0.3, 0.4) is 0 Å². The smallest absolute Gasteiger partial charge is 0.338 e. The van der Waals surface area contributed by atoms with E-state index in [0.717, 1.165) is 34.7 Å². The number of hydrogen-bond donors (Lipinski definition) is 3. The summed E-state index contributed by atoms with van der Waals surface area (Å²) in [5.74, 6) is -0.520. The molecule has 3 aromatic rings. The molecule has 1 atom stereocenters. The first-order valence-electron chi connectivity index (χ1n) is 10.3. The third kappa shape index (κ3) is 5.71. The summed E-state index contributed by atoms with van der Waals surface area (Å²) in [6, 6.07) is 6.36. The average Bonchev–Trinajstić information content (AvgIpc) is 3.34. The zero-order valence-corrected chi connectivity index (χ0v) is 19.0. The highest BCUT2D eigenvalue weighted by atomic mass is 32.1. The van der Waals surface area contributed by atoms with Crippen molar-refractivity contribution in [1.82, 2.24) is 4.98 Å². The highest BCUT2D eigenvalue weighted by Gasteiger charge is 2.34. The second-order valence-corrected chi connectivity index (χ2v) is 8.33. The fourth-order valence-corrected chi connectivity index (χ4v) is 4.25. The minimum atomic E-state index is -1.39. The van der Waals surface area contributed by atoms with Crippen LogP contribution in [-0.2, 0) is 11.2 Å². The fourth-order valence-electron chi connectivity index (χ4n) is 3.76. The number of aromatic carboxylic acids is 1. The number of hydrogen-bond acceptors (Lipinski definition) is 8. The molecule has 1 aromatic heterocycles. The van der Waals surface area contributed by atoms with Gasteiger partial charge in [-0.2, -0.15) is 0 Å². The lowest BCUT2D eigenvalue weighted by Gasteiger charge is -2.27. The Hall–Kier alpha value is -3.91. The quantitative estimate of drug-likeness (QED) is 0.346. The number of nitriles is 1. The van der Waals surface area contributed by atoms with Gasteiger partial charge in [-0.25, -0.2) is 19.4 Å². The molecule has 2 aromatic carbocycles. The number of aldehydes is 1. The summed E-state index contributed by atoms with van der Waals surface area (Å²) in [6.45, 7) is -0.313. The molecule has 0 fully saturated rings. The van der Waals surface area contributed by atoms with Crippen molar-refractivity contribution in [3.63, 3.8) is 0 Å². The number of aromatic nitrogens is 1. The van der Waals surface area contributed by atoms with Gasteiger partial charge in [-0.3, -0.25) is 0 Å². The average molecular weight is 481 g/mol. The van der Waals surface area contributed by atoms with Crippen LogP contribution in [0, 0.1) is 17.0 Å². The van der Waals surface area contributed by atoms with Gasteiger partial charge in [0.25, 0.3) is 6.71 Å². The highest BCUT2D eigenvalue weighted by molar-refractivity contribution is 7.13. The van der Waals surface area contributed by atoms with E-state index in [4.69, 9.17) is 9.84 Å². The molecule has 1 aliphatic rings. The second kappa shape index (κ2) is 11.3. The second-order valence-electron chi connectivity index (χ2n) is 7.44. The molecular weight excluding hydrogens is 460 g/mol. The Bertz CT molecular complexity index is 1220. The SMILES string of the molecule is CNc1nccs1.N#CB1CCc2cc(O)c(Oc3ccc(C(=O)O)c(F)c3)cc2C1CC=O. The molecule has 1 unspecified atom stereocenters. The van der Waals surface area contributed by atoms with Gasteiger partial charge in [-0.15, -0.1) is 11.3 Å². The van der Waals surface area contributed by atoms with Gasteiger partial charge in [0.1, 0.15) is 17.9 Å². The van der Waals surface area contributed by atoms with E-state index in [1.165, 1.54) is 12.1 Å². The molecule has 0 spiro atoms. The van der Waals surface area contributed by atoms with E-state index in [1.54, 1.807) is 23.6 Å². The number of anilines is 1. The van der Waals surface area contributed by atoms with E-state index >= 15 is 0 Å². The zero-order chi connectivity index (χ0) is 24.7. The van der Waals surface area contributed by atoms with Crippen LogP contribution in [0.15, 0.2) is 41.9 Å². The summed E-state index contributed by atoms with van der Waals surface area (Å²) in [4.78, 5) is 25.9. The number of carbonyl (C=O) groups excluding carboxylic acids is 1. The van der Waals surface area contributed by atoms with E-state index in [-0.39, 0.29) is 36.2 Å². The van der Waals surface area contributed by atoms with E-state index in [9.17, 15) is 24.3 Å². The summed E-state index contributed by atoms with van der Waals surface area (Å²) in [5, 5.41) is 34.3. The Balaban J connectivity index is 0.000000396. The van der Waals surface area contributed by atoms with Crippen LogP contribution in [0.1, 0.15) is 33.7 Å². The molecule has 8 nitrogen and oxygen atoms in total. The zero-order valence-electron chi connectivity index (χ0n) is 18.2. The maximum Gasteiger partial charge on any atom is 0.338 e. The van der Waals surface area contributed by atoms with E-state index < -0.39 is 17.3 Å². The van der Waals surface area contributed by atoms with Crippen molar-refractivity contribution in [3.05, 3.63) is 64.4 Å². The van der Waals surface area contributed by atoms with Crippen molar-refractivity contribution in [2.75, 3.05) is 12.4 Å². The molecule has 0 aliphatic carbocycles. The van der Waals surface area contributed by atoms with Crippen LogP contribution in [0.4, 0.5) is 9.52 Å². The number of carboxylic acid groups (broad SMARTS) is 1. The van der Waals surface area contributed by atoms with Crippen LogP contribution in [-0.4, -0.2) is 41.2 Å². The van der Waals surface area contributed by atoms with Crippen LogP contribution >= 0.6 is 11.3 Å². The molecule has 3 N–H and O–H groups in total. The van der Waals surface area contributed by atoms with Crippen molar-refractivity contribution in [2.24, 2.45) is 0 Å². The minimum absolute atomic E-state index is 0.0207. The summed E-state index contributed by atoms with van der Waals surface area (Å²) in [6.07, 6.45) is 3.91. The summed E-state index contributed by atoms with van der Waals surface area (Å²) < 4.78 is 19.4. The number of thiazole rings is 1. The Kier molecular flexibility index (Phi) is 8.21. The van der Waals surface area contributed by atoms with Crippen LogP contribution in [0.2, 0.25) is 6.32 Å². The third-order valence-corrected chi connectivity index (χ3v) is 6.18. The molecule has 34 heavy (non-hydrogen) atoms. The maximum atomic E-state index is 13.8. The molecule has 0 radical (unpaired) electrons. The number of aryl methyl sites for hydroxylation is 1. The Morgan fingerprint density at radius 2 is 2.24 bits per heavy atom. The first-order chi connectivity index (χ1) is 16.4. The van der Waals surface area contributed by atoms with Crippen molar-refractivity contribution >= 4 is 35.4 Å². The number of benzene rings is 2. The normalized spacial score (nSPS) is 14.1. The molecule has 0 saturated heterocycles. The number of carbonyl (C=O) groups is 2. The number of phenols is 1. The van der Waals surface area contributed by atoms with Crippen LogP contribution < -0.4 is 10.1 Å². The number of fused-ring (bicyclic) bond motifs is 1. The van der Waals surface area contributed by atoms with Gasteiger partial charge in [-0.05, 0) is 47.6 Å². The Labute approximate surface area is 199 Å². The summed E-state index contributed by atoms with van der Waals surface area (Å²) in [7, 11) is 1.86. The maximum absolute atomic E-state index is 13.8. The van der Waals surface area contributed by atoms with Gasteiger partial charge in [-0.1, -0.05) is 6.32 Å². The lowest BCUT2D eigenvalue weighted by atomic mass is 9.35. The van der Waals surface area contributed by atoms with E-state index in [2.05, 4.69) is 16.3 Å². The van der Waals surface area contributed by atoms with Crippen LogP contribution in [0.25, 0.3) is 0 Å². The topological polar surface area (TPSA) is 133 Å². The van der Waals surface area contributed by atoms with Crippen molar-refractivity contribution in [2.45, 2.75) is 25.0 Å². The minimum Gasteiger partial charge on any atom is -0.504 e. The highest BCUT2D eigenvalue weighted by Crippen LogP contribution is 2.41. The fraction of sp³-hybridized carbons (Fsp3) is 0.217. The predicted octanol–water partition coefficient (Wildman–Crippen LogP) is 4.53. The van der Waals surface area contributed by atoms with Gasteiger partial charge < -0.3 is 25.1 Å². The molecule has 174 valence electrons. The lowest BCUT2D eigenvalue weighted by Crippen LogP contribution is -2.28. The molecule has 0 saturated carbocycles. The Morgan fingerprint density at radius 1 is 1.44 bits per heavy atom. The molecule has 4 rings (SSSR count). The monoisotopic (exact) mass is 481 g/mol. The number of nitrogens with zero attached hydrogens (tertiary/aromatic N) is 2. The number of aromatic hydroxyl groups is 1. The summed E-state index contributed by atoms with van der Waals surface area (Å²) in [5.41, 5.74) is 1.10. The van der Waals surface area contributed by atoms with Gasteiger partial charge in [0.15, 0.2) is 16.6 Å². The number of nitrogens with one attached hydrogen (secondary N) is 1. The van der Waals surface area contributed by atoms with Crippen molar-refractivity contribution < 1.29 is 28.9 Å². The third-order valence-electron chi connectivity index (χ3n) is 5.39. The summed E-state index contributed by atoms with van der Waals surface area (Å²) >= 11 is 1.60. The first-order valence-corrected chi connectivity index (χ1v) is 11.2. The van der Waals surface area contributed by atoms with Gasteiger partial charge in [0.05, 0.1) is 5.56 Å². The first kappa shape index (κ1) is 24.7. The molecule has 2 heterocycles. The predicted molar refractivity (Wildman–Crippen MR) is 127 cm³/mol. The number of phenolic OH excluding ortho intramolecular Hbond substituents is 1. The number of halogens is 1. The van der Waals surface area contributed by atoms with Gasteiger partial charge in [0, 0.05) is 37.1 Å².